The third-order valence-electron chi connectivity index (χ3n) is 6.57. The molecule has 0 bridgehead atoms. The molecular formula is C26H30Cl2N2O5S. The molecule has 0 radical (unpaired) electrons. The second kappa shape index (κ2) is 12.7. The standard InChI is InChI=1S/C26H30Cl2N2O5S/c1-36(35)15-5-14-26(12-2-3-13-26)25(34)30-21(24(32)33)16-17-8-10-18(11-9-17)29-23(31)22-19(27)6-4-7-20(22)28/h4,6-11,21H,2-3,5,12-16H2,1H3,(H,29,31)(H,30,34)(H,32,33)/t21-,36?/m0/s1. The van der Waals surface area contributed by atoms with Crippen LogP contribution in [0.25, 0.3) is 0 Å². The van der Waals surface area contributed by atoms with Gasteiger partial charge in [-0.2, -0.15) is 0 Å². The molecule has 36 heavy (non-hydrogen) atoms. The Labute approximate surface area is 223 Å². The average molecular weight is 554 g/mol. The predicted octanol–water partition coefficient (Wildman–Crippen LogP) is 5.08. The third-order valence-corrected chi connectivity index (χ3v) is 8.07. The van der Waals surface area contributed by atoms with Crippen LogP contribution in [-0.4, -0.2) is 45.1 Å². The number of carboxylic acid groups (broad SMARTS) is 1. The highest BCUT2D eigenvalue weighted by Crippen LogP contribution is 2.42. The number of amides is 2. The molecule has 0 aromatic heterocycles. The largest absolute Gasteiger partial charge is 0.480 e. The maximum Gasteiger partial charge on any atom is 0.326 e. The van der Waals surface area contributed by atoms with Crippen molar-refractivity contribution >= 4 is 57.5 Å². The molecule has 1 aliphatic carbocycles. The van der Waals surface area contributed by atoms with Gasteiger partial charge >= 0.3 is 5.97 Å². The predicted molar refractivity (Wildman–Crippen MR) is 143 cm³/mol. The van der Waals surface area contributed by atoms with Crippen molar-refractivity contribution in [3.05, 3.63) is 63.6 Å². The van der Waals surface area contributed by atoms with Crippen LogP contribution in [0, 0.1) is 5.41 Å². The van der Waals surface area contributed by atoms with Crippen LogP contribution in [0.4, 0.5) is 5.69 Å². The molecule has 1 saturated carbocycles. The summed E-state index contributed by atoms with van der Waals surface area (Å²) in [6.45, 7) is 0. The van der Waals surface area contributed by atoms with E-state index in [0.717, 1.165) is 12.8 Å². The Hall–Kier alpha value is -2.42. The summed E-state index contributed by atoms with van der Waals surface area (Å²) in [5.74, 6) is -1.28. The molecule has 2 amide bonds. The van der Waals surface area contributed by atoms with Crippen molar-refractivity contribution in [3.63, 3.8) is 0 Å². The Morgan fingerprint density at radius 3 is 2.22 bits per heavy atom. The lowest BCUT2D eigenvalue weighted by atomic mass is 9.80. The first-order valence-electron chi connectivity index (χ1n) is 11.8. The number of hydrogen-bond acceptors (Lipinski definition) is 4. The van der Waals surface area contributed by atoms with Crippen molar-refractivity contribution in [2.75, 3.05) is 17.3 Å². The molecule has 2 aromatic rings. The smallest absolute Gasteiger partial charge is 0.326 e. The van der Waals surface area contributed by atoms with Gasteiger partial charge in [-0.25, -0.2) is 4.79 Å². The molecule has 2 aromatic carbocycles. The average Bonchev–Trinajstić information content (AvgIpc) is 3.29. The first-order valence-corrected chi connectivity index (χ1v) is 14.3. The van der Waals surface area contributed by atoms with Crippen LogP contribution in [0.3, 0.4) is 0 Å². The van der Waals surface area contributed by atoms with Gasteiger partial charge in [0.05, 0.1) is 15.6 Å². The number of carbonyl (C=O) groups is 3. The molecule has 1 aliphatic rings. The molecular weight excluding hydrogens is 523 g/mol. The van der Waals surface area contributed by atoms with Gasteiger partial charge in [0.1, 0.15) is 6.04 Å². The Kier molecular flexibility index (Phi) is 9.93. The summed E-state index contributed by atoms with van der Waals surface area (Å²) in [6.07, 6.45) is 6.29. The van der Waals surface area contributed by atoms with Crippen molar-refractivity contribution in [2.45, 2.75) is 51.0 Å². The van der Waals surface area contributed by atoms with Gasteiger partial charge in [0, 0.05) is 40.3 Å². The molecule has 10 heteroatoms. The maximum atomic E-state index is 13.2. The lowest BCUT2D eigenvalue weighted by Gasteiger charge is -2.29. The van der Waals surface area contributed by atoms with Crippen LogP contribution in [0.2, 0.25) is 10.0 Å². The van der Waals surface area contributed by atoms with E-state index in [4.69, 9.17) is 23.2 Å². The Morgan fingerprint density at radius 1 is 1.06 bits per heavy atom. The molecule has 3 rings (SSSR count). The normalized spacial score (nSPS) is 16.2. The summed E-state index contributed by atoms with van der Waals surface area (Å²) in [5.41, 5.74) is 0.762. The Bertz CT molecular complexity index is 1110. The number of halogens is 2. The zero-order chi connectivity index (χ0) is 26.3. The van der Waals surface area contributed by atoms with Crippen LogP contribution in [0.15, 0.2) is 42.5 Å². The van der Waals surface area contributed by atoms with Crippen molar-refractivity contribution in [3.8, 4) is 0 Å². The van der Waals surface area contributed by atoms with E-state index in [2.05, 4.69) is 10.6 Å². The highest BCUT2D eigenvalue weighted by Gasteiger charge is 2.41. The number of hydrogen-bond donors (Lipinski definition) is 3. The summed E-state index contributed by atoms with van der Waals surface area (Å²) >= 11 is 12.2. The van der Waals surface area contributed by atoms with Gasteiger partial charge in [0.15, 0.2) is 0 Å². The molecule has 0 saturated heterocycles. The highest BCUT2D eigenvalue weighted by molar-refractivity contribution is 7.84. The van der Waals surface area contributed by atoms with Gasteiger partial charge in [0.25, 0.3) is 5.91 Å². The van der Waals surface area contributed by atoms with Gasteiger partial charge < -0.3 is 15.7 Å². The van der Waals surface area contributed by atoms with Crippen molar-refractivity contribution in [1.82, 2.24) is 5.32 Å². The third kappa shape index (κ3) is 7.31. The molecule has 0 spiro atoms. The fourth-order valence-electron chi connectivity index (χ4n) is 4.64. The summed E-state index contributed by atoms with van der Waals surface area (Å²) in [5, 5.41) is 15.7. The van der Waals surface area contributed by atoms with Crippen LogP contribution in [0.5, 0.6) is 0 Å². The first kappa shape index (κ1) is 28.2. The van der Waals surface area contributed by atoms with Crippen molar-refractivity contribution < 1.29 is 23.7 Å². The van der Waals surface area contributed by atoms with Crippen LogP contribution in [-0.2, 0) is 26.8 Å². The maximum absolute atomic E-state index is 13.2. The molecule has 194 valence electrons. The second-order valence-electron chi connectivity index (χ2n) is 9.18. The lowest BCUT2D eigenvalue weighted by Crippen LogP contribution is -2.48. The van der Waals surface area contributed by atoms with E-state index in [0.29, 0.717) is 42.7 Å². The summed E-state index contributed by atoms with van der Waals surface area (Å²) in [7, 11) is -0.926. The van der Waals surface area contributed by atoms with Crippen LogP contribution in [0.1, 0.15) is 54.4 Å². The monoisotopic (exact) mass is 552 g/mol. The van der Waals surface area contributed by atoms with E-state index < -0.39 is 34.1 Å². The van der Waals surface area contributed by atoms with Gasteiger partial charge in [0.2, 0.25) is 5.91 Å². The topological polar surface area (TPSA) is 113 Å². The number of rotatable bonds is 11. The van der Waals surface area contributed by atoms with E-state index in [1.54, 1.807) is 48.7 Å². The van der Waals surface area contributed by atoms with Gasteiger partial charge in [-0.3, -0.25) is 13.8 Å². The van der Waals surface area contributed by atoms with Crippen LogP contribution < -0.4 is 10.6 Å². The van der Waals surface area contributed by atoms with Crippen LogP contribution >= 0.6 is 23.2 Å². The number of benzene rings is 2. The first-order chi connectivity index (χ1) is 17.1. The molecule has 1 fully saturated rings. The minimum atomic E-state index is -1.11. The molecule has 0 aliphatic heterocycles. The number of carbonyl (C=O) groups excluding carboxylic acids is 2. The SMILES string of the molecule is CS(=O)CCCC1(C(=O)N[C@@H](Cc2ccc(NC(=O)c3c(Cl)cccc3Cl)cc2)C(=O)O)CCCC1. The minimum absolute atomic E-state index is 0.0979. The number of anilines is 1. The van der Waals surface area contributed by atoms with E-state index in [1.807, 2.05) is 0 Å². The number of aliphatic carboxylic acids is 1. The highest BCUT2D eigenvalue weighted by atomic mass is 35.5. The molecule has 1 unspecified atom stereocenters. The number of nitrogens with one attached hydrogen (secondary N) is 2. The molecule has 2 atom stereocenters. The molecule has 7 nitrogen and oxygen atoms in total. The minimum Gasteiger partial charge on any atom is -0.480 e. The second-order valence-corrected chi connectivity index (χ2v) is 11.6. The van der Waals surface area contributed by atoms with E-state index in [9.17, 15) is 23.7 Å². The van der Waals surface area contributed by atoms with Crippen molar-refractivity contribution in [1.29, 1.82) is 0 Å². The van der Waals surface area contributed by atoms with Crippen molar-refractivity contribution in [2.24, 2.45) is 5.41 Å². The van der Waals surface area contributed by atoms with E-state index in [-0.39, 0.29) is 27.9 Å². The zero-order valence-electron chi connectivity index (χ0n) is 20.0. The van der Waals surface area contributed by atoms with Gasteiger partial charge in [-0.15, -0.1) is 0 Å². The number of carboxylic acids is 1. The fourth-order valence-corrected chi connectivity index (χ4v) is 5.76. The Balaban J connectivity index is 1.64. The fraction of sp³-hybridized carbons (Fsp3) is 0.423. The summed E-state index contributed by atoms with van der Waals surface area (Å²) in [6, 6.07) is 10.4. The molecule has 3 N–H and O–H groups in total. The zero-order valence-corrected chi connectivity index (χ0v) is 22.3. The molecule has 0 heterocycles. The van der Waals surface area contributed by atoms with E-state index >= 15 is 0 Å². The van der Waals surface area contributed by atoms with E-state index in [1.165, 1.54) is 0 Å². The lowest BCUT2D eigenvalue weighted by molar-refractivity contribution is -0.144. The summed E-state index contributed by atoms with van der Waals surface area (Å²) < 4.78 is 11.4. The quantitative estimate of drug-likeness (QED) is 0.360. The Morgan fingerprint density at radius 2 is 1.67 bits per heavy atom. The summed E-state index contributed by atoms with van der Waals surface area (Å²) in [4.78, 5) is 37.7. The van der Waals surface area contributed by atoms with Gasteiger partial charge in [-0.1, -0.05) is 54.2 Å². The van der Waals surface area contributed by atoms with Gasteiger partial charge in [-0.05, 0) is 55.5 Å².